The van der Waals surface area contributed by atoms with E-state index in [-0.39, 0.29) is 0 Å². The first-order chi connectivity index (χ1) is 5.77. The third-order valence-corrected chi connectivity index (χ3v) is 3.64. The summed E-state index contributed by atoms with van der Waals surface area (Å²) in [5.41, 5.74) is 8.91. The summed E-state index contributed by atoms with van der Waals surface area (Å²) in [4.78, 5) is 0. The van der Waals surface area contributed by atoms with Crippen molar-refractivity contribution in [2.75, 3.05) is 0 Å². The smallest absolute Gasteiger partial charge is 0.0178 e. The van der Waals surface area contributed by atoms with Crippen LogP contribution in [0.2, 0.25) is 0 Å². The van der Waals surface area contributed by atoms with Crippen molar-refractivity contribution >= 4 is 15.9 Å². The number of hydrogen-bond acceptors (Lipinski definition) is 1. The molecule has 0 spiro atoms. The van der Waals surface area contributed by atoms with Crippen LogP contribution in [0.3, 0.4) is 0 Å². The summed E-state index contributed by atoms with van der Waals surface area (Å²) >= 11 is 3.48. The highest BCUT2D eigenvalue weighted by Crippen LogP contribution is 2.55. The van der Waals surface area contributed by atoms with Crippen molar-refractivity contribution in [1.82, 2.24) is 0 Å². The second kappa shape index (κ2) is 2.12. The van der Waals surface area contributed by atoms with Crippen LogP contribution in [0.25, 0.3) is 0 Å². The van der Waals surface area contributed by atoms with Gasteiger partial charge in [-0.2, -0.15) is 0 Å². The molecule has 0 aliphatic heterocycles. The number of nitrogens with two attached hydrogens (primary N) is 1. The predicted octanol–water partition coefficient (Wildman–Crippen LogP) is 2.05. The Hall–Kier alpha value is -0.340. The molecule has 0 heterocycles. The molecule has 0 bridgehead atoms. The lowest BCUT2D eigenvalue weighted by Gasteiger charge is -2.04. The first-order valence-corrected chi connectivity index (χ1v) is 5.10. The third kappa shape index (κ3) is 0.771. The van der Waals surface area contributed by atoms with Crippen LogP contribution in [0, 0.1) is 5.92 Å². The molecule has 62 valence electrons. The maximum absolute atomic E-state index is 5.91. The van der Waals surface area contributed by atoms with E-state index in [1.165, 1.54) is 22.0 Å². The topological polar surface area (TPSA) is 26.0 Å². The Morgan fingerprint density at radius 3 is 3.08 bits per heavy atom. The molecule has 2 aliphatic carbocycles. The van der Waals surface area contributed by atoms with E-state index < -0.39 is 0 Å². The third-order valence-electron chi connectivity index (χ3n) is 3.15. The maximum Gasteiger partial charge on any atom is 0.0178 e. The Balaban J connectivity index is 2.11. The molecule has 0 aromatic heterocycles. The summed E-state index contributed by atoms with van der Waals surface area (Å²) in [5, 5.41) is 0. The van der Waals surface area contributed by atoms with Gasteiger partial charge in [0, 0.05) is 16.4 Å². The van der Waals surface area contributed by atoms with Gasteiger partial charge in [0.05, 0.1) is 0 Å². The second-order valence-corrected chi connectivity index (χ2v) is 4.73. The molecule has 0 amide bonds. The zero-order valence-corrected chi connectivity index (χ0v) is 8.21. The van der Waals surface area contributed by atoms with Gasteiger partial charge in [-0.15, -0.1) is 0 Å². The molecule has 2 heteroatoms. The zero-order chi connectivity index (χ0) is 8.29. The molecule has 3 atom stereocenters. The lowest BCUT2D eigenvalue weighted by molar-refractivity contribution is 0.801. The van der Waals surface area contributed by atoms with Gasteiger partial charge in [-0.3, -0.25) is 0 Å². The van der Waals surface area contributed by atoms with Crippen molar-refractivity contribution < 1.29 is 0 Å². The van der Waals surface area contributed by atoms with Gasteiger partial charge in [-0.05, 0) is 35.6 Å². The van der Waals surface area contributed by atoms with Crippen molar-refractivity contribution in [2.24, 2.45) is 11.7 Å². The minimum absolute atomic E-state index is 0.457. The fourth-order valence-electron chi connectivity index (χ4n) is 2.43. The largest absolute Gasteiger partial charge is 0.327 e. The predicted molar refractivity (Wildman–Crippen MR) is 52.1 cm³/mol. The van der Waals surface area contributed by atoms with Crippen molar-refractivity contribution in [3.63, 3.8) is 0 Å². The van der Waals surface area contributed by atoms with Gasteiger partial charge >= 0.3 is 0 Å². The minimum Gasteiger partial charge on any atom is -0.327 e. The van der Waals surface area contributed by atoms with E-state index >= 15 is 0 Å². The number of benzene rings is 1. The quantitative estimate of drug-likeness (QED) is 0.717. The van der Waals surface area contributed by atoms with Crippen molar-refractivity contribution in [3.05, 3.63) is 33.8 Å². The summed E-state index contributed by atoms with van der Waals surface area (Å²) in [7, 11) is 0. The molecule has 2 N–H and O–H groups in total. The van der Waals surface area contributed by atoms with Gasteiger partial charge in [0.15, 0.2) is 0 Å². The molecular formula is C10H10BrN. The highest BCUT2D eigenvalue weighted by Gasteiger charge is 2.53. The number of halogens is 1. The van der Waals surface area contributed by atoms with Crippen LogP contribution in [-0.2, 0) is 6.42 Å². The van der Waals surface area contributed by atoms with Gasteiger partial charge in [-0.25, -0.2) is 0 Å². The minimum atomic E-state index is 0.457. The molecule has 3 rings (SSSR count). The monoisotopic (exact) mass is 223 g/mol. The van der Waals surface area contributed by atoms with Crippen LogP contribution in [0.15, 0.2) is 22.7 Å². The van der Waals surface area contributed by atoms with E-state index in [9.17, 15) is 0 Å². The molecule has 2 aliphatic rings. The molecule has 1 fully saturated rings. The van der Waals surface area contributed by atoms with Crippen molar-refractivity contribution in [2.45, 2.75) is 18.4 Å². The fourth-order valence-corrected chi connectivity index (χ4v) is 2.84. The summed E-state index contributed by atoms with van der Waals surface area (Å²) in [6.45, 7) is 0. The van der Waals surface area contributed by atoms with E-state index in [1.807, 2.05) is 0 Å². The standard InChI is InChI=1S/C10H10BrN/c11-6-1-2-7-5(3-6)4-8-9(7)10(8)12/h1-3,8-10H,4,12H2. The SMILES string of the molecule is NC1C2Cc3cc(Br)ccc3C12. The molecule has 1 saturated carbocycles. The normalized spacial score (nSPS) is 36.0. The molecular weight excluding hydrogens is 214 g/mol. The van der Waals surface area contributed by atoms with Crippen LogP contribution in [0.5, 0.6) is 0 Å². The highest BCUT2D eigenvalue weighted by atomic mass is 79.9. The average molecular weight is 224 g/mol. The second-order valence-electron chi connectivity index (χ2n) is 3.81. The van der Waals surface area contributed by atoms with Crippen molar-refractivity contribution in [3.8, 4) is 0 Å². The summed E-state index contributed by atoms with van der Waals surface area (Å²) < 4.78 is 1.19. The first-order valence-electron chi connectivity index (χ1n) is 4.31. The average Bonchev–Trinajstić information content (AvgIpc) is 2.57. The molecule has 0 saturated heterocycles. The van der Waals surface area contributed by atoms with Crippen LogP contribution >= 0.6 is 15.9 Å². The lowest BCUT2D eigenvalue weighted by Crippen LogP contribution is -2.08. The Bertz CT molecular complexity index is 348. The summed E-state index contributed by atoms with van der Waals surface area (Å²) in [5.74, 6) is 1.45. The number of rotatable bonds is 0. The highest BCUT2D eigenvalue weighted by molar-refractivity contribution is 9.10. The van der Waals surface area contributed by atoms with E-state index in [2.05, 4.69) is 34.1 Å². The van der Waals surface area contributed by atoms with Gasteiger partial charge in [0.2, 0.25) is 0 Å². The lowest BCUT2D eigenvalue weighted by atomic mass is 10.1. The first kappa shape index (κ1) is 7.10. The van der Waals surface area contributed by atoms with Gasteiger partial charge in [-0.1, -0.05) is 22.0 Å². The van der Waals surface area contributed by atoms with Crippen LogP contribution in [-0.4, -0.2) is 6.04 Å². The maximum atomic E-state index is 5.91. The van der Waals surface area contributed by atoms with Gasteiger partial charge in [0.25, 0.3) is 0 Å². The summed E-state index contributed by atoms with van der Waals surface area (Å²) in [6.07, 6.45) is 1.20. The Kier molecular flexibility index (Phi) is 1.25. The molecule has 1 aromatic rings. The van der Waals surface area contributed by atoms with E-state index in [0.29, 0.717) is 12.0 Å². The van der Waals surface area contributed by atoms with Crippen LogP contribution in [0.4, 0.5) is 0 Å². The van der Waals surface area contributed by atoms with Crippen LogP contribution in [0.1, 0.15) is 17.0 Å². The zero-order valence-electron chi connectivity index (χ0n) is 6.63. The summed E-state index contributed by atoms with van der Waals surface area (Å²) in [6, 6.07) is 7.02. The Morgan fingerprint density at radius 2 is 2.25 bits per heavy atom. The van der Waals surface area contributed by atoms with Crippen molar-refractivity contribution in [1.29, 1.82) is 0 Å². The molecule has 12 heavy (non-hydrogen) atoms. The Morgan fingerprint density at radius 1 is 1.42 bits per heavy atom. The van der Waals surface area contributed by atoms with Gasteiger partial charge in [0.1, 0.15) is 0 Å². The fraction of sp³-hybridized carbons (Fsp3) is 0.400. The van der Waals surface area contributed by atoms with E-state index in [0.717, 1.165) is 5.92 Å². The van der Waals surface area contributed by atoms with Crippen LogP contribution < -0.4 is 5.73 Å². The number of fused-ring (bicyclic) bond motifs is 3. The Labute approximate surface area is 80.1 Å². The van der Waals surface area contributed by atoms with Gasteiger partial charge < -0.3 is 5.73 Å². The molecule has 3 unspecified atom stereocenters. The van der Waals surface area contributed by atoms with E-state index in [1.54, 1.807) is 0 Å². The van der Waals surface area contributed by atoms with E-state index in [4.69, 9.17) is 5.73 Å². The number of hydrogen-bond donors (Lipinski definition) is 1. The molecule has 1 nitrogen and oxygen atoms in total. The molecule has 1 aromatic carbocycles. The molecule has 0 radical (unpaired) electrons.